The Bertz CT molecular complexity index is 964. The third kappa shape index (κ3) is 2.64. The Kier molecular flexibility index (Phi) is 3.70. The second-order valence-electron chi connectivity index (χ2n) is 5.93. The molecule has 0 radical (unpaired) electrons. The number of aromatic carboxylic acids is 1. The maximum atomic E-state index is 11.2. The van der Waals surface area contributed by atoms with Crippen molar-refractivity contribution in [2.45, 2.75) is 25.3 Å². The van der Waals surface area contributed by atoms with Crippen molar-refractivity contribution < 1.29 is 9.90 Å². The second-order valence-corrected chi connectivity index (χ2v) is 6.69. The van der Waals surface area contributed by atoms with Crippen LogP contribution in [0, 0.1) is 0 Å². The predicted molar refractivity (Wildman–Crippen MR) is 92.0 cm³/mol. The summed E-state index contributed by atoms with van der Waals surface area (Å²) in [4.78, 5) is 15.3. The summed E-state index contributed by atoms with van der Waals surface area (Å²) in [5.74, 6) is -0.492. The van der Waals surface area contributed by atoms with Crippen LogP contribution in [0.3, 0.4) is 0 Å². The summed E-state index contributed by atoms with van der Waals surface area (Å²) in [5.41, 5.74) is 3.40. The fraction of sp³-hybridized carbons (Fsp3) is 0.235. The van der Waals surface area contributed by atoms with E-state index in [1.54, 1.807) is 4.68 Å². The monoisotopic (exact) mass is 361 g/mol. The van der Waals surface area contributed by atoms with Crippen LogP contribution in [-0.4, -0.2) is 25.8 Å². The van der Waals surface area contributed by atoms with Crippen LogP contribution in [0.4, 0.5) is 0 Å². The van der Waals surface area contributed by atoms with E-state index in [9.17, 15) is 9.90 Å². The standard InChI is InChI=1S/C17H13Cl2N3O2/c18-13-3-1-2-11(9-4-5-9)12(13)8-22-14-6-10(17(23)24)7-20-15(14)16(19)21-22/h1-3,6-7,9H,4-5,8H2,(H,23,24). The molecule has 4 rings (SSSR count). The van der Waals surface area contributed by atoms with Crippen molar-refractivity contribution in [2.24, 2.45) is 0 Å². The Balaban J connectivity index is 1.83. The molecule has 7 heteroatoms. The number of hydrogen-bond acceptors (Lipinski definition) is 3. The van der Waals surface area contributed by atoms with Crippen LogP contribution in [0.25, 0.3) is 11.0 Å². The third-order valence-corrected chi connectivity index (χ3v) is 4.89. The summed E-state index contributed by atoms with van der Waals surface area (Å²) in [6, 6.07) is 7.44. The average molecular weight is 362 g/mol. The van der Waals surface area contributed by atoms with Gasteiger partial charge < -0.3 is 5.11 Å². The molecule has 0 saturated heterocycles. The summed E-state index contributed by atoms with van der Waals surface area (Å²) >= 11 is 12.6. The van der Waals surface area contributed by atoms with Gasteiger partial charge in [0.1, 0.15) is 5.52 Å². The lowest BCUT2D eigenvalue weighted by Gasteiger charge is -2.12. The second kappa shape index (κ2) is 5.76. The fourth-order valence-corrected chi connectivity index (χ4v) is 3.40. The molecule has 0 amide bonds. The van der Waals surface area contributed by atoms with E-state index >= 15 is 0 Å². The van der Waals surface area contributed by atoms with Gasteiger partial charge in [-0.25, -0.2) is 4.79 Å². The van der Waals surface area contributed by atoms with Gasteiger partial charge in [0, 0.05) is 11.2 Å². The molecule has 2 heterocycles. The molecule has 0 unspecified atom stereocenters. The molecule has 0 aliphatic heterocycles. The number of halogens is 2. The van der Waals surface area contributed by atoms with Gasteiger partial charge in [-0.2, -0.15) is 5.10 Å². The van der Waals surface area contributed by atoms with Crippen molar-refractivity contribution >= 4 is 40.2 Å². The molecule has 1 N–H and O–H groups in total. The van der Waals surface area contributed by atoms with Crippen molar-refractivity contribution in [1.29, 1.82) is 0 Å². The number of pyridine rings is 1. The van der Waals surface area contributed by atoms with E-state index < -0.39 is 5.97 Å². The topological polar surface area (TPSA) is 68.0 Å². The molecule has 2 aromatic heterocycles. The molecule has 1 aliphatic carbocycles. The molecular weight excluding hydrogens is 349 g/mol. The van der Waals surface area contributed by atoms with Crippen molar-refractivity contribution in [2.75, 3.05) is 0 Å². The molecule has 24 heavy (non-hydrogen) atoms. The van der Waals surface area contributed by atoms with Gasteiger partial charge in [-0.15, -0.1) is 0 Å². The lowest BCUT2D eigenvalue weighted by Crippen LogP contribution is -2.06. The maximum absolute atomic E-state index is 11.2. The zero-order chi connectivity index (χ0) is 16.8. The van der Waals surface area contributed by atoms with Crippen LogP contribution in [0.15, 0.2) is 30.5 Å². The SMILES string of the molecule is O=C(O)c1cnc2c(Cl)nn(Cc3c(Cl)cccc3C3CC3)c2c1. The highest BCUT2D eigenvalue weighted by molar-refractivity contribution is 6.33. The third-order valence-electron chi connectivity index (χ3n) is 4.28. The zero-order valence-corrected chi connectivity index (χ0v) is 14.1. The Morgan fingerprint density at radius 3 is 2.83 bits per heavy atom. The molecule has 122 valence electrons. The van der Waals surface area contributed by atoms with Gasteiger partial charge in [0.05, 0.1) is 17.6 Å². The van der Waals surface area contributed by atoms with E-state index in [4.69, 9.17) is 23.2 Å². The smallest absolute Gasteiger partial charge is 0.337 e. The van der Waals surface area contributed by atoms with Gasteiger partial charge in [-0.05, 0) is 42.0 Å². The Labute approximate surface area is 147 Å². The number of rotatable bonds is 4. The van der Waals surface area contributed by atoms with E-state index in [1.165, 1.54) is 30.7 Å². The average Bonchev–Trinajstić information content (AvgIpc) is 3.35. The number of benzene rings is 1. The summed E-state index contributed by atoms with van der Waals surface area (Å²) in [6.45, 7) is 0.430. The van der Waals surface area contributed by atoms with Crippen LogP contribution in [0.2, 0.25) is 10.2 Å². The minimum absolute atomic E-state index is 0.0990. The first-order chi connectivity index (χ1) is 11.5. The van der Waals surface area contributed by atoms with Crippen molar-refractivity contribution in [1.82, 2.24) is 14.8 Å². The first-order valence-electron chi connectivity index (χ1n) is 7.57. The first kappa shape index (κ1) is 15.4. The van der Waals surface area contributed by atoms with Gasteiger partial charge in [-0.1, -0.05) is 35.3 Å². The zero-order valence-electron chi connectivity index (χ0n) is 12.5. The number of carboxylic acid groups (broad SMARTS) is 1. The summed E-state index contributed by atoms with van der Waals surface area (Å²) < 4.78 is 1.67. The first-order valence-corrected chi connectivity index (χ1v) is 8.33. The molecule has 0 bridgehead atoms. The number of aromatic nitrogens is 3. The lowest BCUT2D eigenvalue weighted by molar-refractivity contribution is 0.0696. The van der Waals surface area contributed by atoms with Gasteiger partial charge in [0.25, 0.3) is 0 Å². The van der Waals surface area contributed by atoms with E-state index in [2.05, 4.69) is 16.1 Å². The Morgan fingerprint density at radius 1 is 1.33 bits per heavy atom. The highest BCUT2D eigenvalue weighted by Crippen LogP contribution is 2.43. The molecular formula is C17H13Cl2N3O2. The fourth-order valence-electron chi connectivity index (χ4n) is 2.92. The highest BCUT2D eigenvalue weighted by atomic mass is 35.5. The number of nitrogens with zero attached hydrogens (tertiary/aromatic N) is 3. The number of hydrogen-bond donors (Lipinski definition) is 1. The molecule has 3 aromatic rings. The van der Waals surface area contributed by atoms with Gasteiger partial charge in [0.15, 0.2) is 5.15 Å². The Hall–Kier alpha value is -2.11. The number of carboxylic acids is 1. The van der Waals surface area contributed by atoms with Crippen molar-refractivity contribution in [3.05, 3.63) is 57.3 Å². The summed E-state index contributed by atoms with van der Waals surface area (Å²) in [7, 11) is 0. The quantitative estimate of drug-likeness (QED) is 0.749. The Morgan fingerprint density at radius 2 is 2.12 bits per heavy atom. The van der Waals surface area contributed by atoms with E-state index in [0.717, 1.165) is 5.56 Å². The van der Waals surface area contributed by atoms with E-state index in [1.807, 2.05) is 12.1 Å². The molecule has 1 saturated carbocycles. The van der Waals surface area contributed by atoms with Crippen LogP contribution < -0.4 is 0 Å². The largest absolute Gasteiger partial charge is 0.478 e. The molecule has 0 spiro atoms. The van der Waals surface area contributed by atoms with Crippen molar-refractivity contribution in [3.63, 3.8) is 0 Å². The maximum Gasteiger partial charge on any atom is 0.337 e. The molecule has 5 nitrogen and oxygen atoms in total. The van der Waals surface area contributed by atoms with Gasteiger partial charge >= 0.3 is 5.97 Å². The molecule has 0 atom stereocenters. The predicted octanol–water partition coefficient (Wildman–Crippen LogP) is 4.36. The van der Waals surface area contributed by atoms with E-state index in [-0.39, 0.29) is 10.7 Å². The van der Waals surface area contributed by atoms with Crippen LogP contribution >= 0.6 is 23.2 Å². The summed E-state index contributed by atoms with van der Waals surface area (Å²) in [6.07, 6.45) is 3.62. The van der Waals surface area contributed by atoms with Crippen LogP contribution in [0.5, 0.6) is 0 Å². The van der Waals surface area contributed by atoms with Gasteiger partial charge in [0.2, 0.25) is 0 Å². The van der Waals surface area contributed by atoms with Crippen LogP contribution in [0.1, 0.15) is 40.2 Å². The van der Waals surface area contributed by atoms with Crippen molar-refractivity contribution in [3.8, 4) is 0 Å². The van der Waals surface area contributed by atoms with E-state index in [0.29, 0.717) is 28.5 Å². The summed E-state index contributed by atoms with van der Waals surface area (Å²) in [5, 5.41) is 14.4. The normalized spacial score (nSPS) is 14.2. The minimum atomic E-state index is -1.04. The number of carbonyl (C=O) groups is 1. The minimum Gasteiger partial charge on any atom is -0.478 e. The van der Waals surface area contributed by atoms with Crippen LogP contribution in [-0.2, 0) is 6.54 Å². The molecule has 1 aliphatic rings. The molecule has 1 aromatic carbocycles. The highest BCUT2D eigenvalue weighted by Gasteiger charge is 2.27. The molecule has 1 fully saturated rings. The lowest BCUT2D eigenvalue weighted by atomic mass is 10.0. The number of fused-ring (bicyclic) bond motifs is 1. The van der Waals surface area contributed by atoms with Gasteiger partial charge in [-0.3, -0.25) is 9.67 Å².